The molecule has 4 aromatic rings. The first-order valence-corrected chi connectivity index (χ1v) is 9.84. The molecular formula is C19H13BrN2O2S. The highest BCUT2D eigenvalue weighted by Crippen LogP contribution is 2.32. The van der Waals surface area contributed by atoms with Crippen LogP contribution in [0.5, 0.6) is 0 Å². The molecule has 0 spiro atoms. The van der Waals surface area contributed by atoms with Gasteiger partial charge >= 0.3 is 0 Å². The highest BCUT2D eigenvalue weighted by atomic mass is 79.9. The SMILES string of the molecule is O=S(=O)(c1ccccc1)n1c(-c2ccccc2)cc2cc(Br)cnc21. The number of pyridine rings is 1. The van der Waals surface area contributed by atoms with Crippen molar-refractivity contribution >= 4 is 37.0 Å². The van der Waals surface area contributed by atoms with Crippen molar-refractivity contribution < 1.29 is 8.42 Å². The number of hydrogen-bond donors (Lipinski definition) is 0. The van der Waals surface area contributed by atoms with E-state index in [1.165, 1.54) is 3.97 Å². The molecule has 0 aliphatic carbocycles. The molecule has 2 heterocycles. The lowest BCUT2D eigenvalue weighted by molar-refractivity contribution is 0.589. The predicted octanol–water partition coefficient (Wildman–Crippen LogP) is 4.70. The van der Waals surface area contributed by atoms with Gasteiger partial charge in [-0.2, -0.15) is 0 Å². The molecule has 25 heavy (non-hydrogen) atoms. The number of nitrogens with zero attached hydrogens (tertiary/aromatic N) is 2. The van der Waals surface area contributed by atoms with Crippen molar-refractivity contribution in [1.82, 2.24) is 8.96 Å². The number of aromatic nitrogens is 2. The highest BCUT2D eigenvalue weighted by Gasteiger charge is 2.24. The van der Waals surface area contributed by atoms with E-state index in [0.29, 0.717) is 11.3 Å². The van der Waals surface area contributed by atoms with Gasteiger partial charge in [0, 0.05) is 16.1 Å². The van der Waals surface area contributed by atoms with Crippen LogP contribution in [-0.2, 0) is 10.0 Å². The standard InChI is InChI=1S/C19H13BrN2O2S/c20-16-11-15-12-18(14-7-3-1-4-8-14)22(19(15)21-13-16)25(23,24)17-9-5-2-6-10-17/h1-13H. The summed E-state index contributed by atoms with van der Waals surface area (Å²) in [6, 6.07) is 21.6. The summed E-state index contributed by atoms with van der Waals surface area (Å²) in [5.41, 5.74) is 1.81. The van der Waals surface area contributed by atoms with E-state index in [9.17, 15) is 8.42 Å². The van der Waals surface area contributed by atoms with E-state index < -0.39 is 10.0 Å². The van der Waals surface area contributed by atoms with Gasteiger partial charge in [-0.05, 0) is 45.8 Å². The topological polar surface area (TPSA) is 52.0 Å². The van der Waals surface area contributed by atoms with Gasteiger partial charge < -0.3 is 0 Å². The second-order valence-electron chi connectivity index (χ2n) is 5.54. The minimum absolute atomic E-state index is 0.231. The number of benzene rings is 2. The molecule has 0 bridgehead atoms. The molecule has 0 saturated carbocycles. The molecule has 2 aromatic heterocycles. The van der Waals surface area contributed by atoms with Gasteiger partial charge in [0.2, 0.25) is 0 Å². The number of hydrogen-bond acceptors (Lipinski definition) is 3. The van der Waals surface area contributed by atoms with Crippen molar-refractivity contribution in [2.45, 2.75) is 4.90 Å². The van der Waals surface area contributed by atoms with Gasteiger partial charge in [-0.1, -0.05) is 48.5 Å². The molecule has 6 heteroatoms. The Hall–Kier alpha value is -2.44. The van der Waals surface area contributed by atoms with Crippen molar-refractivity contribution in [3.63, 3.8) is 0 Å². The first kappa shape index (κ1) is 16.1. The van der Waals surface area contributed by atoms with Gasteiger partial charge in [0.1, 0.15) is 0 Å². The van der Waals surface area contributed by atoms with Crippen LogP contribution in [0.4, 0.5) is 0 Å². The summed E-state index contributed by atoms with van der Waals surface area (Å²) in [5, 5.41) is 0.757. The van der Waals surface area contributed by atoms with Crippen molar-refractivity contribution in [1.29, 1.82) is 0 Å². The maximum Gasteiger partial charge on any atom is 0.269 e. The quantitative estimate of drug-likeness (QED) is 0.489. The fraction of sp³-hybridized carbons (Fsp3) is 0. The molecule has 2 aromatic carbocycles. The van der Waals surface area contributed by atoms with Gasteiger partial charge in [-0.15, -0.1) is 0 Å². The predicted molar refractivity (Wildman–Crippen MR) is 102 cm³/mol. The van der Waals surface area contributed by atoms with Crippen molar-refractivity contribution in [3.8, 4) is 11.3 Å². The average molecular weight is 413 g/mol. The molecule has 0 radical (unpaired) electrons. The molecule has 0 saturated heterocycles. The van der Waals surface area contributed by atoms with Crippen LogP contribution in [0.1, 0.15) is 0 Å². The van der Waals surface area contributed by atoms with Gasteiger partial charge in [-0.25, -0.2) is 17.4 Å². The first-order valence-electron chi connectivity index (χ1n) is 7.60. The number of halogens is 1. The van der Waals surface area contributed by atoms with Crippen LogP contribution in [0.25, 0.3) is 22.3 Å². The van der Waals surface area contributed by atoms with E-state index in [1.807, 2.05) is 42.5 Å². The van der Waals surface area contributed by atoms with Crippen LogP contribution in [0.2, 0.25) is 0 Å². The second-order valence-corrected chi connectivity index (χ2v) is 8.25. The lowest BCUT2D eigenvalue weighted by Gasteiger charge is -2.11. The molecule has 0 N–H and O–H groups in total. The largest absolute Gasteiger partial charge is 0.269 e. The van der Waals surface area contributed by atoms with Crippen molar-refractivity contribution in [2.24, 2.45) is 0 Å². The Morgan fingerprint density at radius 1 is 0.880 bits per heavy atom. The fourth-order valence-corrected chi connectivity index (χ4v) is 4.65. The van der Waals surface area contributed by atoms with Crippen LogP contribution in [0.15, 0.2) is 88.4 Å². The third-order valence-corrected chi connectivity index (χ3v) is 6.07. The smallest absolute Gasteiger partial charge is 0.236 e. The van der Waals surface area contributed by atoms with E-state index in [0.717, 1.165) is 15.4 Å². The van der Waals surface area contributed by atoms with E-state index >= 15 is 0 Å². The molecule has 0 unspecified atom stereocenters. The Morgan fingerprint density at radius 2 is 1.52 bits per heavy atom. The van der Waals surface area contributed by atoms with E-state index in [4.69, 9.17) is 0 Å². The van der Waals surface area contributed by atoms with Gasteiger partial charge in [0.05, 0.1) is 10.6 Å². The zero-order valence-electron chi connectivity index (χ0n) is 13.0. The molecule has 0 aliphatic heterocycles. The Bertz CT molecular complexity index is 1150. The Balaban J connectivity index is 2.08. The third kappa shape index (κ3) is 2.77. The normalized spacial score (nSPS) is 11.7. The maximum atomic E-state index is 13.3. The average Bonchev–Trinajstić information content (AvgIpc) is 3.02. The summed E-state index contributed by atoms with van der Waals surface area (Å²) < 4.78 is 28.7. The van der Waals surface area contributed by atoms with E-state index in [1.54, 1.807) is 36.5 Å². The van der Waals surface area contributed by atoms with Crippen LogP contribution < -0.4 is 0 Å². The van der Waals surface area contributed by atoms with Crippen LogP contribution in [0, 0.1) is 0 Å². The molecule has 0 amide bonds. The van der Waals surface area contributed by atoms with Gasteiger partial charge in [0.25, 0.3) is 10.0 Å². The van der Waals surface area contributed by atoms with Crippen molar-refractivity contribution in [3.05, 3.63) is 83.5 Å². The molecule has 124 valence electrons. The lowest BCUT2D eigenvalue weighted by atomic mass is 10.1. The highest BCUT2D eigenvalue weighted by molar-refractivity contribution is 9.10. The summed E-state index contributed by atoms with van der Waals surface area (Å²) in [5.74, 6) is 0. The summed E-state index contributed by atoms with van der Waals surface area (Å²) in [4.78, 5) is 4.59. The molecule has 0 aliphatic rings. The summed E-state index contributed by atoms with van der Waals surface area (Å²) in [6.45, 7) is 0. The third-order valence-electron chi connectivity index (χ3n) is 3.92. The summed E-state index contributed by atoms with van der Waals surface area (Å²) in [6.07, 6.45) is 1.61. The summed E-state index contributed by atoms with van der Waals surface area (Å²) >= 11 is 3.40. The zero-order chi connectivity index (χ0) is 17.4. The minimum atomic E-state index is -3.78. The van der Waals surface area contributed by atoms with Crippen LogP contribution >= 0.6 is 15.9 Å². The van der Waals surface area contributed by atoms with E-state index in [-0.39, 0.29) is 4.90 Å². The Kier molecular flexibility index (Phi) is 3.94. The molecule has 0 atom stereocenters. The lowest BCUT2D eigenvalue weighted by Crippen LogP contribution is -2.14. The minimum Gasteiger partial charge on any atom is -0.236 e. The zero-order valence-corrected chi connectivity index (χ0v) is 15.4. The molecule has 4 rings (SSSR count). The fourth-order valence-electron chi connectivity index (χ4n) is 2.79. The molecule has 0 fully saturated rings. The number of fused-ring (bicyclic) bond motifs is 1. The second kappa shape index (κ2) is 6.13. The number of rotatable bonds is 3. The molecular weight excluding hydrogens is 400 g/mol. The van der Waals surface area contributed by atoms with Crippen LogP contribution in [0.3, 0.4) is 0 Å². The van der Waals surface area contributed by atoms with E-state index in [2.05, 4.69) is 20.9 Å². The Labute approximate surface area is 153 Å². The Morgan fingerprint density at radius 3 is 2.20 bits per heavy atom. The molecule has 4 nitrogen and oxygen atoms in total. The van der Waals surface area contributed by atoms with Crippen LogP contribution in [-0.4, -0.2) is 17.4 Å². The monoisotopic (exact) mass is 412 g/mol. The summed E-state index contributed by atoms with van der Waals surface area (Å²) in [7, 11) is -3.78. The van der Waals surface area contributed by atoms with Crippen molar-refractivity contribution in [2.75, 3.05) is 0 Å². The van der Waals surface area contributed by atoms with Gasteiger partial charge in [-0.3, -0.25) is 0 Å². The first-order chi connectivity index (χ1) is 12.1. The maximum absolute atomic E-state index is 13.3. The van der Waals surface area contributed by atoms with Gasteiger partial charge in [0.15, 0.2) is 5.65 Å².